The maximum Gasteiger partial charge on any atom is 0.233 e. The summed E-state index contributed by atoms with van der Waals surface area (Å²) in [5, 5.41) is 3.15. The lowest BCUT2D eigenvalue weighted by atomic mass is 10.0. The lowest BCUT2D eigenvalue weighted by Gasteiger charge is -2.44. The fourth-order valence-electron chi connectivity index (χ4n) is 1.11. The van der Waals surface area contributed by atoms with Gasteiger partial charge >= 0.3 is 0 Å². The molecule has 1 aliphatic heterocycles. The number of hydrogen-bond donors (Lipinski definition) is 1. The van der Waals surface area contributed by atoms with Crippen LogP contribution in [0.1, 0.15) is 20.8 Å². The molecule has 1 fully saturated rings. The number of nitrogens with one attached hydrogen (secondary N) is 1. The molecule has 0 bridgehead atoms. The van der Waals surface area contributed by atoms with E-state index in [1.165, 1.54) is 0 Å². The zero-order valence-electron chi connectivity index (χ0n) is 8.59. The Kier molecular flexibility index (Phi) is 3.57. The van der Waals surface area contributed by atoms with Crippen LogP contribution in [0.2, 0.25) is 0 Å². The SMILES string of the molecule is CSC(C)C(=O)NC1CSC1(C)C. The first-order valence-corrected chi connectivity index (χ1v) is 6.72. The molecular weight excluding hydrogens is 202 g/mol. The molecule has 0 radical (unpaired) electrons. The molecule has 0 aromatic carbocycles. The summed E-state index contributed by atoms with van der Waals surface area (Å²) in [5.41, 5.74) is 0. The Hall–Kier alpha value is 0.170. The predicted molar refractivity (Wildman–Crippen MR) is 61.4 cm³/mol. The fraction of sp³-hybridized carbons (Fsp3) is 0.889. The summed E-state index contributed by atoms with van der Waals surface area (Å²) in [7, 11) is 0. The van der Waals surface area contributed by atoms with Crippen LogP contribution in [0.15, 0.2) is 0 Å². The van der Waals surface area contributed by atoms with Crippen LogP contribution in [-0.4, -0.2) is 34.0 Å². The molecule has 2 nitrogen and oxygen atoms in total. The summed E-state index contributed by atoms with van der Waals surface area (Å²) in [4.78, 5) is 11.5. The number of hydrogen-bond acceptors (Lipinski definition) is 3. The zero-order valence-corrected chi connectivity index (χ0v) is 10.2. The molecule has 1 aliphatic rings. The summed E-state index contributed by atoms with van der Waals surface area (Å²) in [6.07, 6.45) is 1.96. The molecule has 1 N–H and O–H groups in total. The number of thioether (sulfide) groups is 2. The lowest BCUT2D eigenvalue weighted by molar-refractivity contribution is -0.121. The highest BCUT2D eigenvalue weighted by Gasteiger charge is 2.40. The average molecular weight is 219 g/mol. The van der Waals surface area contributed by atoms with Gasteiger partial charge in [0.2, 0.25) is 5.91 Å². The summed E-state index contributed by atoms with van der Waals surface area (Å²) in [6.45, 7) is 6.30. The maximum atomic E-state index is 11.5. The molecule has 0 aromatic heterocycles. The molecule has 1 amide bonds. The van der Waals surface area contributed by atoms with Crippen LogP contribution in [0, 0.1) is 0 Å². The van der Waals surface area contributed by atoms with E-state index >= 15 is 0 Å². The molecule has 0 aliphatic carbocycles. The molecule has 2 unspecified atom stereocenters. The Balaban J connectivity index is 2.37. The first kappa shape index (κ1) is 11.2. The zero-order chi connectivity index (χ0) is 10.1. The first-order chi connectivity index (χ1) is 5.97. The highest BCUT2D eigenvalue weighted by atomic mass is 32.2. The summed E-state index contributed by atoms with van der Waals surface area (Å²) in [6, 6.07) is 0.361. The van der Waals surface area contributed by atoms with Crippen LogP contribution in [-0.2, 0) is 4.79 Å². The van der Waals surface area contributed by atoms with Gasteiger partial charge in [0, 0.05) is 10.5 Å². The van der Waals surface area contributed by atoms with E-state index in [2.05, 4.69) is 19.2 Å². The predicted octanol–water partition coefficient (Wildman–Crippen LogP) is 1.75. The Morgan fingerprint density at radius 1 is 1.69 bits per heavy atom. The van der Waals surface area contributed by atoms with Gasteiger partial charge in [0.1, 0.15) is 0 Å². The molecule has 0 spiro atoms. The van der Waals surface area contributed by atoms with E-state index in [9.17, 15) is 4.79 Å². The molecule has 1 rings (SSSR count). The third-order valence-electron chi connectivity index (χ3n) is 2.50. The van der Waals surface area contributed by atoms with Gasteiger partial charge in [-0.1, -0.05) is 0 Å². The van der Waals surface area contributed by atoms with E-state index in [0.717, 1.165) is 5.75 Å². The summed E-state index contributed by atoms with van der Waals surface area (Å²) in [5.74, 6) is 1.23. The van der Waals surface area contributed by atoms with Gasteiger partial charge in [-0.05, 0) is 27.0 Å². The second-order valence-corrected chi connectivity index (χ2v) is 6.71. The monoisotopic (exact) mass is 219 g/mol. The van der Waals surface area contributed by atoms with E-state index in [-0.39, 0.29) is 15.9 Å². The smallest absolute Gasteiger partial charge is 0.233 e. The van der Waals surface area contributed by atoms with Crippen molar-refractivity contribution in [2.45, 2.75) is 36.8 Å². The van der Waals surface area contributed by atoms with Crippen LogP contribution < -0.4 is 5.32 Å². The van der Waals surface area contributed by atoms with Gasteiger partial charge in [0.05, 0.1) is 11.3 Å². The Morgan fingerprint density at radius 3 is 2.62 bits per heavy atom. The topological polar surface area (TPSA) is 29.1 Å². The second kappa shape index (κ2) is 4.13. The van der Waals surface area contributed by atoms with Crippen molar-refractivity contribution in [1.82, 2.24) is 5.32 Å². The minimum Gasteiger partial charge on any atom is -0.350 e. The van der Waals surface area contributed by atoms with E-state index in [1.54, 1.807) is 11.8 Å². The average Bonchev–Trinajstić information content (AvgIpc) is 2.10. The Bertz CT molecular complexity index is 206. The van der Waals surface area contributed by atoms with E-state index in [4.69, 9.17) is 0 Å². The standard InChI is InChI=1S/C9H17NOS2/c1-6(12-4)8(11)10-7-5-13-9(7,2)3/h6-7H,5H2,1-4H3,(H,10,11). The minimum atomic E-state index is 0.0707. The van der Waals surface area contributed by atoms with Crippen molar-refractivity contribution < 1.29 is 4.79 Å². The van der Waals surface area contributed by atoms with Gasteiger partial charge in [0.25, 0.3) is 0 Å². The van der Waals surface area contributed by atoms with Crippen molar-refractivity contribution in [3.8, 4) is 0 Å². The summed E-state index contributed by atoms with van der Waals surface area (Å²) >= 11 is 3.50. The van der Waals surface area contributed by atoms with Gasteiger partial charge in [-0.3, -0.25) is 4.79 Å². The third-order valence-corrected chi connectivity index (χ3v) is 4.95. The molecule has 0 aromatic rings. The molecule has 1 heterocycles. The number of carbonyl (C=O) groups excluding carboxylic acids is 1. The molecule has 4 heteroatoms. The van der Waals surface area contributed by atoms with Crippen molar-refractivity contribution in [1.29, 1.82) is 0 Å². The van der Waals surface area contributed by atoms with Gasteiger partial charge in [-0.15, -0.1) is 0 Å². The molecular formula is C9H17NOS2. The Labute approximate surface area is 88.6 Å². The van der Waals surface area contributed by atoms with Gasteiger partial charge in [0.15, 0.2) is 0 Å². The highest BCUT2D eigenvalue weighted by Crippen LogP contribution is 2.39. The van der Waals surface area contributed by atoms with Crippen LogP contribution in [0.3, 0.4) is 0 Å². The van der Waals surface area contributed by atoms with Crippen molar-refractivity contribution in [3.63, 3.8) is 0 Å². The molecule has 2 atom stereocenters. The van der Waals surface area contributed by atoms with Gasteiger partial charge < -0.3 is 5.32 Å². The largest absolute Gasteiger partial charge is 0.350 e. The van der Waals surface area contributed by atoms with Crippen molar-refractivity contribution in [2.75, 3.05) is 12.0 Å². The van der Waals surface area contributed by atoms with E-state index in [0.29, 0.717) is 6.04 Å². The minimum absolute atomic E-state index is 0.0707. The summed E-state index contributed by atoms with van der Waals surface area (Å²) < 4.78 is 0.230. The van der Waals surface area contributed by atoms with Gasteiger partial charge in [-0.2, -0.15) is 23.5 Å². The van der Waals surface area contributed by atoms with Crippen molar-refractivity contribution in [3.05, 3.63) is 0 Å². The molecule has 0 saturated carbocycles. The molecule has 76 valence electrons. The van der Waals surface area contributed by atoms with Crippen molar-refractivity contribution >= 4 is 29.4 Å². The quantitative estimate of drug-likeness (QED) is 0.784. The van der Waals surface area contributed by atoms with E-state index in [1.807, 2.05) is 24.9 Å². The van der Waals surface area contributed by atoms with Crippen LogP contribution in [0.4, 0.5) is 0 Å². The molecule has 13 heavy (non-hydrogen) atoms. The normalized spacial score (nSPS) is 27.5. The maximum absolute atomic E-state index is 11.5. The van der Waals surface area contributed by atoms with Crippen molar-refractivity contribution in [2.24, 2.45) is 0 Å². The second-order valence-electron chi connectivity index (χ2n) is 3.85. The number of amides is 1. The van der Waals surface area contributed by atoms with E-state index < -0.39 is 0 Å². The van der Waals surface area contributed by atoms with Crippen LogP contribution in [0.25, 0.3) is 0 Å². The van der Waals surface area contributed by atoms with Gasteiger partial charge in [-0.25, -0.2) is 0 Å². The highest BCUT2D eigenvalue weighted by molar-refractivity contribution is 8.02. The lowest BCUT2D eigenvalue weighted by Crippen LogP contribution is -2.57. The third kappa shape index (κ3) is 2.56. The molecule has 1 saturated heterocycles. The number of carbonyl (C=O) groups is 1. The fourth-order valence-corrected chi connectivity index (χ4v) is 2.54. The van der Waals surface area contributed by atoms with Crippen LogP contribution in [0.5, 0.6) is 0 Å². The van der Waals surface area contributed by atoms with Crippen LogP contribution >= 0.6 is 23.5 Å². The number of rotatable bonds is 3. The first-order valence-electron chi connectivity index (χ1n) is 4.44. The Morgan fingerprint density at radius 2 is 2.31 bits per heavy atom.